The molecule has 0 spiro atoms. The Labute approximate surface area is 137 Å². The molecule has 124 valence electrons. The minimum absolute atomic E-state index is 0.124. The quantitative estimate of drug-likeness (QED) is 0.462. The van der Waals surface area contributed by atoms with Crippen LogP contribution in [0.5, 0.6) is 0 Å². The summed E-state index contributed by atoms with van der Waals surface area (Å²) in [6, 6.07) is 8.44. The van der Waals surface area contributed by atoms with E-state index in [1.54, 1.807) is 13.8 Å². The summed E-state index contributed by atoms with van der Waals surface area (Å²) in [6.45, 7) is 3.56. The molecule has 1 aromatic carbocycles. The van der Waals surface area contributed by atoms with Gasteiger partial charge in [0.1, 0.15) is 6.61 Å². The Morgan fingerprint density at radius 1 is 1.35 bits per heavy atom. The predicted octanol–water partition coefficient (Wildman–Crippen LogP) is 0.823. The van der Waals surface area contributed by atoms with E-state index < -0.39 is 39.4 Å². The molecule has 4 atom stereocenters. The van der Waals surface area contributed by atoms with Gasteiger partial charge in [0.2, 0.25) is 11.5 Å². The summed E-state index contributed by atoms with van der Waals surface area (Å²) in [5, 5.41) is -0.572. The first kappa shape index (κ1) is 16.3. The fraction of sp³-hybridized carbons (Fsp3) is 0.500. The molecular weight excluding hydrogens is 318 g/mol. The number of methoxy groups -OCH3 is 1. The van der Waals surface area contributed by atoms with Gasteiger partial charge in [-0.1, -0.05) is 30.3 Å². The smallest absolute Gasteiger partial charge is 0.334 e. The summed E-state index contributed by atoms with van der Waals surface area (Å²) in [6.07, 6.45) is -0.734. The average Bonchev–Trinajstić information content (AvgIpc) is 2.72. The molecule has 1 unspecified atom stereocenters. The van der Waals surface area contributed by atoms with E-state index in [4.69, 9.17) is 9.47 Å². The van der Waals surface area contributed by atoms with E-state index in [2.05, 4.69) is 0 Å². The summed E-state index contributed by atoms with van der Waals surface area (Å²) in [5.74, 6) is -0.837. The third-order valence-electron chi connectivity index (χ3n) is 4.41. The summed E-state index contributed by atoms with van der Waals surface area (Å²) < 4.78 is 22.2. The van der Waals surface area contributed by atoms with Gasteiger partial charge in [-0.2, -0.15) is 0 Å². The van der Waals surface area contributed by atoms with Crippen LogP contribution in [0.25, 0.3) is 0 Å². The number of rotatable bonds is 4. The molecule has 1 aromatic rings. The van der Waals surface area contributed by atoms with E-state index >= 15 is 0 Å². The first-order valence-corrected chi connectivity index (χ1v) is 8.57. The average molecular weight is 337 g/mol. The maximum absolute atomic E-state index is 12.6. The van der Waals surface area contributed by atoms with Gasteiger partial charge in [0.25, 0.3) is 5.91 Å². The first-order chi connectivity index (χ1) is 10.9. The van der Waals surface area contributed by atoms with Crippen LogP contribution in [0.15, 0.2) is 30.3 Å². The van der Waals surface area contributed by atoms with Crippen molar-refractivity contribution in [1.82, 2.24) is 4.90 Å². The summed E-state index contributed by atoms with van der Waals surface area (Å²) >= 11 is -1.39. The zero-order valence-electron chi connectivity index (χ0n) is 13.2. The third-order valence-corrected chi connectivity index (χ3v) is 6.58. The van der Waals surface area contributed by atoms with Crippen molar-refractivity contribution in [2.45, 2.75) is 42.7 Å². The molecule has 1 amide bonds. The number of β-lactam (4-membered cyclic amide) rings is 1. The molecule has 0 saturated carbocycles. The highest BCUT2D eigenvalue weighted by molar-refractivity contribution is 7.94. The van der Waals surface area contributed by atoms with Crippen molar-refractivity contribution in [3.63, 3.8) is 0 Å². The highest BCUT2D eigenvalue weighted by atomic mass is 32.2. The molecule has 2 heterocycles. The second-order valence-electron chi connectivity index (χ2n) is 6.19. The van der Waals surface area contributed by atoms with Crippen LogP contribution in [-0.2, 0) is 36.8 Å². The number of fused-ring (bicyclic) bond motifs is 1. The maximum Gasteiger partial charge on any atom is 0.334 e. The summed E-state index contributed by atoms with van der Waals surface area (Å²) in [5.41, 5.74) is 0.860. The van der Waals surface area contributed by atoms with E-state index in [0.717, 1.165) is 5.56 Å². The predicted molar refractivity (Wildman–Crippen MR) is 83.7 cm³/mol. The molecule has 2 aliphatic heterocycles. The Kier molecular flexibility index (Phi) is 4.12. The zero-order chi connectivity index (χ0) is 16.8. The van der Waals surface area contributed by atoms with Gasteiger partial charge in [-0.05, 0) is 30.6 Å². The normalized spacial score (nSPS) is 31.5. The van der Waals surface area contributed by atoms with Crippen molar-refractivity contribution >= 4 is 23.1 Å². The topological polar surface area (TPSA) is 78.9 Å². The molecule has 2 fully saturated rings. The van der Waals surface area contributed by atoms with Crippen molar-refractivity contribution in [2.75, 3.05) is 7.11 Å². The number of carbonyl (C=O) groups excluding carboxylic acids is 2. The number of amides is 1. The van der Waals surface area contributed by atoms with Gasteiger partial charge >= 0.3 is 5.97 Å². The third kappa shape index (κ3) is 2.43. The standard InChI is InChI=1S/C16H19NO5S/c1-16(2)12(15(19)22-9-10-7-5-4-6-8-10)17-13(18)11(21-3)14(17)23(16)20/h4-8,11-12,14H,9H2,1-3H3/t11-,12-,14+,23?/m0/s1. The van der Waals surface area contributed by atoms with Crippen molar-refractivity contribution < 1.29 is 23.6 Å². The molecule has 7 heteroatoms. The molecule has 0 N–H and O–H groups in total. The number of carbonyl (C=O) groups is 2. The number of hydrogen-bond acceptors (Lipinski definition) is 5. The molecule has 0 bridgehead atoms. The molecule has 0 radical (unpaired) electrons. The second-order valence-corrected chi connectivity index (χ2v) is 8.32. The van der Waals surface area contributed by atoms with E-state index in [1.807, 2.05) is 30.3 Å². The van der Waals surface area contributed by atoms with Gasteiger partial charge in [-0.25, -0.2) is 4.79 Å². The Morgan fingerprint density at radius 3 is 2.61 bits per heavy atom. The number of hydrogen-bond donors (Lipinski definition) is 0. The van der Waals surface area contributed by atoms with Crippen molar-refractivity contribution in [3.8, 4) is 0 Å². The van der Waals surface area contributed by atoms with Crippen LogP contribution in [0.2, 0.25) is 0 Å². The molecule has 23 heavy (non-hydrogen) atoms. The van der Waals surface area contributed by atoms with Gasteiger partial charge in [0.05, 0.1) is 0 Å². The van der Waals surface area contributed by atoms with Gasteiger partial charge in [-0.15, -0.1) is 0 Å². The molecule has 3 rings (SSSR count). The first-order valence-electron chi connectivity index (χ1n) is 7.36. The van der Waals surface area contributed by atoms with Gasteiger partial charge in [0, 0.05) is 7.11 Å². The highest BCUT2D eigenvalue weighted by Gasteiger charge is 2.73. The summed E-state index contributed by atoms with van der Waals surface area (Å²) in [4.78, 5) is 26.0. The van der Waals surface area contributed by atoms with E-state index in [1.165, 1.54) is 12.0 Å². The summed E-state index contributed by atoms with van der Waals surface area (Å²) in [7, 11) is 1.41. The van der Waals surface area contributed by atoms with E-state index in [9.17, 15) is 14.1 Å². The Morgan fingerprint density at radius 2 is 2.00 bits per heavy atom. The minimum atomic E-state index is -1.39. The zero-order valence-corrected chi connectivity index (χ0v) is 14.0. The second kappa shape index (κ2) is 5.81. The number of ether oxygens (including phenoxy) is 2. The molecule has 0 aromatic heterocycles. The van der Waals surface area contributed by atoms with Crippen LogP contribution in [0.3, 0.4) is 0 Å². The Bertz CT molecular complexity index is 620. The van der Waals surface area contributed by atoms with Gasteiger partial charge in [-0.3, -0.25) is 9.69 Å². The Hall–Kier alpha value is -1.57. The van der Waals surface area contributed by atoms with Crippen molar-refractivity contribution in [2.24, 2.45) is 0 Å². The Balaban J connectivity index is 1.75. The fourth-order valence-corrected chi connectivity index (χ4v) is 5.06. The largest absolute Gasteiger partial charge is 0.614 e. The van der Waals surface area contributed by atoms with Crippen LogP contribution < -0.4 is 0 Å². The lowest BCUT2D eigenvalue weighted by atomic mass is 9.97. The van der Waals surface area contributed by atoms with Crippen LogP contribution in [0, 0.1) is 0 Å². The van der Waals surface area contributed by atoms with Crippen molar-refractivity contribution in [1.29, 1.82) is 0 Å². The van der Waals surface area contributed by atoms with Crippen LogP contribution in [0.1, 0.15) is 19.4 Å². The molecular formula is C16H19NO5S. The molecule has 2 saturated heterocycles. The van der Waals surface area contributed by atoms with Crippen LogP contribution >= 0.6 is 0 Å². The van der Waals surface area contributed by atoms with Crippen molar-refractivity contribution in [3.05, 3.63) is 35.9 Å². The van der Waals surface area contributed by atoms with Gasteiger partial charge < -0.3 is 14.0 Å². The fourth-order valence-electron chi connectivity index (χ4n) is 3.13. The number of benzene rings is 1. The van der Waals surface area contributed by atoms with E-state index in [-0.39, 0.29) is 12.5 Å². The lowest BCUT2D eigenvalue weighted by molar-refractivity contribution is -0.175. The number of esters is 1. The van der Waals surface area contributed by atoms with Crippen LogP contribution in [-0.4, -0.2) is 50.7 Å². The molecule has 2 aliphatic rings. The number of nitrogens with zero attached hydrogens (tertiary/aromatic N) is 1. The van der Waals surface area contributed by atoms with Gasteiger partial charge in [0.15, 0.2) is 10.8 Å². The monoisotopic (exact) mass is 337 g/mol. The molecule has 0 aliphatic carbocycles. The minimum Gasteiger partial charge on any atom is -0.614 e. The van der Waals surface area contributed by atoms with Crippen LogP contribution in [0.4, 0.5) is 0 Å². The highest BCUT2D eigenvalue weighted by Crippen LogP contribution is 2.47. The van der Waals surface area contributed by atoms with E-state index in [0.29, 0.717) is 0 Å². The maximum atomic E-state index is 12.6. The lowest BCUT2D eigenvalue weighted by Crippen LogP contribution is -2.67. The SMILES string of the molecule is CO[C@H]1C(=O)N2[C@@H]1[S+]([O-])C(C)(C)[C@@H]2C(=O)OCc1ccccc1. The molecule has 6 nitrogen and oxygen atoms in total. The lowest BCUT2D eigenvalue weighted by Gasteiger charge is -2.40.